The number of aromatic amines is 2. The minimum absolute atomic E-state index is 0.527. The van der Waals surface area contributed by atoms with Crippen LogP contribution >= 0.6 is 0 Å². The van der Waals surface area contributed by atoms with Crippen LogP contribution in [0, 0.1) is 0 Å². The zero-order valence-electron chi connectivity index (χ0n) is 39.8. The van der Waals surface area contributed by atoms with E-state index in [9.17, 15) is 40.9 Å². The summed E-state index contributed by atoms with van der Waals surface area (Å²) in [6, 6.07) is 23.4. The molecule has 8 bridgehead atoms. The smallest absolute Gasteiger partial charge is 0.113 e. The van der Waals surface area contributed by atoms with E-state index in [-0.39, 0.29) is 0 Å². The molecular formula is C56H66N4O10. The van der Waals surface area contributed by atoms with Crippen LogP contribution < -0.4 is 0 Å². The number of nitrogens with zero attached hydrogens (tertiary/aromatic N) is 2. The zero-order valence-corrected chi connectivity index (χ0v) is 39.8. The number of aromatic nitrogens is 4. The molecule has 2 saturated heterocycles. The number of fused-ring (bicyclic) bond motifs is 8. The van der Waals surface area contributed by atoms with Gasteiger partial charge in [0.25, 0.3) is 0 Å². The van der Waals surface area contributed by atoms with Crippen molar-refractivity contribution in [1.82, 2.24) is 19.9 Å². The summed E-state index contributed by atoms with van der Waals surface area (Å²) >= 11 is 0. The van der Waals surface area contributed by atoms with Gasteiger partial charge in [-0.25, -0.2) is 9.97 Å². The molecule has 14 nitrogen and oxygen atoms in total. The summed E-state index contributed by atoms with van der Waals surface area (Å²) in [5.74, 6) is 0. The average molecular weight is 955 g/mol. The van der Waals surface area contributed by atoms with Crippen molar-refractivity contribution in [1.29, 1.82) is 0 Å². The van der Waals surface area contributed by atoms with Crippen LogP contribution in [0.2, 0.25) is 0 Å². The Morgan fingerprint density at radius 1 is 0.457 bits per heavy atom. The molecule has 0 amide bonds. The van der Waals surface area contributed by atoms with E-state index in [1.165, 1.54) is 0 Å². The van der Waals surface area contributed by atoms with Gasteiger partial charge < -0.3 is 60.3 Å². The SMILES string of the molecule is CCCCCCc1c2nc(c(-c3cccc([C@@H]4O[C@H](CO)[C@@H](O)[C@H](O)[C@H]4O)c3)c3nc(c(CCCCCC)c4ccc([nH]4)c(-c4cccc([C@@H]5O[C@H](CO)[C@@H](O)[C@H](O)[C@H]5O)c4)c4ccc1[nH]4)C=C3)C=C2. The molecule has 0 spiro atoms. The Bertz CT molecular complexity index is 2760. The molecule has 0 saturated carbocycles. The molecule has 0 radical (unpaired) electrons. The molecule has 10 atom stereocenters. The van der Waals surface area contributed by atoms with Gasteiger partial charge in [0.2, 0.25) is 0 Å². The number of aryl methyl sites for hydroxylation is 2. The van der Waals surface area contributed by atoms with E-state index in [0.29, 0.717) is 22.5 Å². The molecule has 7 heterocycles. The van der Waals surface area contributed by atoms with Crippen molar-refractivity contribution in [2.45, 2.75) is 139 Å². The fourth-order valence-corrected chi connectivity index (χ4v) is 10.4. The summed E-state index contributed by atoms with van der Waals surface area (Å²) in [5, 5.41) is 85.0. The third kappa shape index (κ3) is 9.95. The van der Waals surface area contributed by atoms with E-state index >= 15 is 0 Å². The van der Waals surface area contributed by atoms with Crippen LogP contribution in [0.1, 0.15) is 122 Å². The monoisotopic (exact) mass is 954 g/mol. The maximum Gasteiger partial charge on any atom is 0.113 e. The third-order valence-electron chi connectivity index (χ3n) is 14.3. The van der Waals surface area contributed by atoms with E-state index in [4.69, 9.17) is 19.4 Å². The first-order valence-electron chi connectivity index (χ1n) is 25.0. The molecule has 4 aliphatic heterocycles. The lowest BCUT2D eigenvalue weighted by molar-refractivity contribution is -0.231. The van der Waals surface area contributed by atoms with Crippen molar-refractivity contribution in [2.24, 2.45) is 0 Å². The summed E-state index contributed by atoms with van der Waals surface area (Å²) < 4.78 is 12.1. The van der Waals surface area contributed by atoms with Gasteiger partial charge in [-0.05, 0) is 109 Å². The van der Waals surface area contributed by atoms with E-state index in [2.05, 4.69) is 48.1 Å². The molecule has 0 aliphatic carbocycles. The molecule has 5 aromatic rings. The number of nitrogens with one attached hydrogen (secondary N) is 2. The molecular weight excluding hydrogens is 889 g/mol. The van der Waals surface area contributed by atoms with Crippen LogP contribution in [0.15, 0.2) is 72.8 Å². The highest BCUT2D eigenvalue weighted by Crippen LogP contribution is 2.40. The number of ether oxygens (including phenoxy) is 2. The Labute approximate surface area is 407 Å². The summed E-state index contributed by atoms with van der Waals surface area (Å²) in [5.41, 5.74) is 12.9. The van der Waals surface area contributed by atoms with E-state index in [0.717, 1.165) is 131 Å². The van der Waals surface area contributed by atoms with Gasteiger partial charge in [-0.3, -0.25) is 0 Å². The van der Waals surface area contributed by atoms with Gasteiger partial charge in [0.15, 0.2) is 0 Å². The third-order valence-corrected chi connectivity index (χ3v) is 14.3. The number of unbranched alkanes of at least 4 members (excludes halogenated alkanes) is 6. The summed E-state index contributed by atoms with van der Waals surface area (Å²) in [6.45, 7) is 3.33. The van der Waals surface area contributed by atoms with Crippen LogP contribution in [0.3, 0.4) is 0 Å². The van der Waals surface area contributed by atoms with Crippen LogP contribution in [0.4, 0.5) is 0 Å². The standard InChI is InChI=1S/C56H66N4O10/c1-3-5-7-9-17-35-37-19-23-41(57-37)47(31-13-11-15-33(27-31)55-53(67)51(65)49(63)45(29-61)69-55)43-25-21-39(59-43)36(18-10-8-6-4-2)40-22-26-44(60-40)48(42-24-20-38(35)58-42)32-14-12-16-34(28-32)56-54(68)52(66)50(64)46(30-62)70-56/h11-16,19-28,45-46,49-57,59,61-68H,3-10,17-18,29-30H2,1-2H3/t45-,46-,49-,50-,51+,52+,53-,54-,55+,56+/m1/s1. The van der Waals surface area contributed by atoms with Crippen molar-refractivity contribution >= 4 is 46.4 Å². The summed E-state index contributed by atoms with van der Waals surface area (Å²) in [6.07, 6.45) is 4.97. The minimum Gasteiger partial charge on any atom is -0.394 e. The normalized spacial score (nSPS) is 25.5. The highest BCUT2D eigenvalue weighted by atomic mass is 16.6. The van der Waals surface area contributed by atoms with Gasteiger partial charge >= 0.3 is 0 Å². The average Bonchev–Trinajstić information content (AvgIpc) is 4.23. The maximum atomic E-state index is 11.2. The van der Waals surface area contributed by atoms with Crippen molar-refractivity contribution in [3.8, 4) is 22.3 Å². The molecule has 2 fully saturated rings. The summed E-state index contributed by atoms with van der Waals surface area (Å²) in [4.78, 5) is 18.4. The largest absolute Gasteiger partial charge is 0.394 e. The molecule has 370 valence electrons. The Morgan fingerprint density at radius 3 is 1.30 bits per heavy atom. The number of aliphatic hydroxyl groups is 8. The molecule has 14 heteroatoms. The lowest BCUT2D eigenvalue weighted by Crippen LogP contribution is -2.55. The first-order valence-corrected chi connectivity index (χ1v) is 25.0. The number of hydrogen-bond donors (Lipinski definition) is 10. The van der Waals surface area contributed by atoms with Crippen molar-refractivity contribution in [3.63, 3.8) is 0 Å². The first kappa shape index (κ1) is 49.6. The molecule has 10 N–H and O–H groups in total. The Balaban J connectivity index is 1.28. The van der Waals surface area contributed by atoms with Gasteiger partial charge in [0.05, 0.1) is 36.0 Å². The lowest BCUT2D eigenvalue weighted by Gasteiger charge is -2.40. The van der Waals surface area contributed by atoms with E-state index < -0.39 is 74.3 Å². The quantitative estimate of drug-likeness (QED) is 0.0431. The Hall–Kier alpha value is -5.36. The zero-order chi connectivity index (χ0) is 49.1. The lowest BCUT2D eigenvalue weighted by atomic mass is 9.89. The van der Waals surface area contributed by atoms with E-state index in [1.54, 1.807) is 6.07 Å². The van der Waals surface area contributed by atoms with Gasteiger partial charge in [0, 0.05) is 44.3 Å². The molecule has 70 heavy (non-hydrogen) atoms. The number of aliphatic hydroxyl groups excluding tert-OH is 8. The van der Waals surface area contributed by atoms with Crippen LogP contribution in [-0.2, 0) is 22.3 Å². The predicted molar refractivity (Wildman–Crippen MR) is 271 cm³/mol. The van der Waals surface area contributed by atoms with Crippen LogP contribution in [0.25, 0.3) is 68.6 Å². The number of benzene rings is 2. The second kappa shape index (κ2) is 22.0. The van der Waals surface area contributed by atoms with E-state index in [1.807, 2.05) is 66.8 Å². The molecule has 3 aromatic heterocycles. The number of H-pyrrole nitrogens is 2. The minimum atomic E-state index is -1.52. The molecule has 2 aromatic carbocycles. The van der Waals surface area contributed by atoms with Gasteiger partial charge in [-0.15, -0.1) is 0 Å². The second-order valence-electron chi connectivity index (χ2n) is 19.1. The van der Waals surface area contributed by atoms with Crippen molar-refractivity contribution in [3.05, 3.63) is 118 Å². The van der Waals surface area contributed by atoms with Gasteiger partial charge in [0.1, 0.15) is 61.0 Å². The van der Waals surface area contributed by atoms with Crippen LogP contribution in [0.5, 0.6) is 0 Å². The topological polar surface area (TPSA) is 238 Å². The fourth-order valence-electron chi connectivity index (χ4n) is 10.4. The molecule has 9 rings (SSSR count). The van der Waals surface area contributed by atoms with Crippen molar-refractivity contribution in [2.75, 3.05) is 13.2 Å². The number of rotatable bonds is 16. The predicted octanol–water partition coefficient (Wildman–Crippen LogP) is 7.27. The van der Waals surface area contributed by atoms with Crippen LogP contribution in [-0.4, -0.2) is 123 Å². The number of hydrogen-bond acceptors (Lipinski definition) is 12. The molecule has 0 unspecified atom stereocenters. The molecule has 4 aliphatic rings. The highest BCUT2D eigenvalue weighted by Gasteiger charge is 2.45. The maximum absolute atomic E-state index is 11.2. The highest BCUT2D eigenvalue weighted by molar-refractivity contribution is 5.95. The van der Waals surface area contributed by atoms with Crippen molar-refractivity contribution < 1.29 is 50.3 Å². The Morgan fingerprint density at radius 2 is 0.871 bits per heavy atom. The fraction of sp³-hybridized carbons (Fsp3) is 0.429. The van der Waals surface area contributed by atoms with Gasteiger partial charge in [-0.1, -0.05) is 88.8 Å². The summed E-state index contributed by atoms with van der Waals surface area (Å²) in [7, 11) is 0. The van der Waals surface area contributed by atoms with Gasteiger partial charge in [-0.2, -0.15) is 0 Å². The first-order chi connectivity index (χ1) is 34.0. The Kier molecular flexibility index (Phi) is 15.6. The second-order valence-corrected chi connectivity index (χ2v) is 19.1.